The van der Waals surface area contributed by atoms with Gasteiger partial charge in [-0.3, -0.25) is 9.63 Å². The van der Waals surface area contributed by atoms with Crippen LogP contribution in [0.3, 0.4) is 0 Å². The van der Waals surface area contributed by atoms with Crippen molar-refractivity contribution in [2.75, 3.05) is 13.2 Å². The number of hydrogen-bond acceptors (Lipinski definition) is 4. The third-order valence-electron chi connectivity index (χ3n) is 2.97. The smallest absolute Gasteiger partial charge is 0.287 e. The van der Waals surface area contributed by atoms with Crippen LogP contribution in [0.2, 0.25) is 0 Å². The van der Waals surface area contributed by atoms with Gasteiger partial charge in [0, 0.05) is 6.42 Å². The summed E-state index contributed by atoms with van der Waals surface area (Å²) in [6, 6.07) is 7.59. The van der Waals surface area contributed by atoms with Crippen LogP contribution in [0.1, 0.15) is 5.56 Å². The van der Waals surface area contributed by atoms with Gasteiger partial charge in [0.05, 0.1) is 6.54 Å². The molecule has 0 aromatic heterocycles. The van der Waals surface area contributed by atoms with Crippen LogP contribution in [-0.2, 0) is 16.1 Å². The van der Waals surface area contributed by atoms with Gasteiger partial charge in [0.15, 0.2) is 6.10 Å². The van der Waals surface area contributed by atoms with Gasteiger partial charge in [-0.25, -0.2) is 5.06 Å². The number of hydroxylamine groups is 2. The molecule has 2 heterocycles. The van der Waals surface area contributed by atoms with Crippen molar-refractivity contribution < 1.29 is 19.5 Å². The SMILES string of the molecule is O=C(C1Cc2ccccc2O1)N1C[C@H](O)CO1. The highest BCUT2D eigenvalue weighted by molar-refractivity contribution is 5.82. The van der Waals surface area contributed by atoms with E-state index in [1.54, 1.807) is 0 Å². The molecule has 2 aliphatic rings. The van der Waals surface area contributed by atoms with Crippen molar-refractivity contribution in [2.45, 2.75) is 18.6 Å². The van der Waals surface area contributed by atoms with Crippen molar-refractivity contribution in [2.24, 2.45) is 0 Å². The minimum atomic E-state index is -0.595. The van der Waals surface area contributed by atoms with Crippen LogP contribution < -0.4 is 4.74 Å². The first kappa shape index (κ1) is 10.6. The quantitative estimate of drug-likeness (QED) is 0.751. The van der Waals surface area contributed by atoms with E-state index in [4.69, 9.17) is 9.57 Å². The number of para-hydroxylation sites is 1. The molecule has 1 N–H and O–H groups in total. The fourth-order valence-electron chi connectivity index (χ4n) is 2.11. The van der Waals surface area contributed by atoms with E-state index in [2.05, 4.69) is 0 Å². The molecule has 17 heavy (non-hydrogen) atoms. The number of aliphatic hydroxyl groups is 1. The van der Waals surface area contributed by atoms with Gasteiger partial charge in [-0.15, -0.1) is 0 Å². The van der Waals surface area contributed by atoms with Crippen molar-refractivity contribution in [3.63, 3.8) is 0 Å². The molecule has 2 atom stereocenters. The first-order valence-corrected chi connectivity index (χ1v) is 5.61. The largest absolute Gasteiger partial charge is 0.480 e. The number of carbonyl (C=O) groups is 1. The molecule has 5 nitrogen and oxygen atoms in total. The van der Waals surface area contributed by atoms with Gasteiger partial charge < -0.3 is 9.84 Å². The molecule has 90 valence electrons. The van der Waals surface area contributed by atoms with E-state index in [0.29, 0.717) is 6.42 Å². The topological polar surface area (TPSA) is 59.0 Å². The van der Waals surface area contributed by atoms with Gasteiger partial charge in [-0.1, -0.05) is 18.2 Å². The Morgan fingerprint density at radius 3 is 2.94 bits per heavy atom. The van der Waals surface area contributed by atoms with Crippen molar-refractivity contribution in [3.05, 3.63) is 29.8 Å². The van der Waals surface area contributed by atoms with E-state index in [9.17, 15) is 9.90 Å². The summed E-state index contributed by atoms with van der Waals surface area (Å²) >= 11 is 0. The number of fused-ring (bicyclic) bond motifs is 1. The molecule has 0 saturated carbocycles. The number of ether oxygens (including phenoxy) is 1. The summed E-state index contributed by atoms with van der Waals surface area (Å²) in [4.78, 5) is 17.1. The van der Waals surface area contributed by atoms with Crippen LogP contribution in [0.15, 0.2) is 24.3 Å². The molecule has 1 aromatic carbocycles. The van der Waals surface area contributed by atoms with Crippen LogP contribution in [0.25, 0.3) is 0 Å². The number of rotatable bonds is 1. The summed E-state index contributed by atoms with van der Waals surface area (Å²) < 4.78 is 5.56. The summed E-state index contributed by atoms with van der Waals surface area (Å²) in [6.07, 6.45) is -0.564. The molecule has 0 aliphatic carbocycles. The Bertz CT molecular complexity index is 423. The first-order valence-electron chi connectivity index (χ1n) is 5.61. The molecule has 1 unspecified atom stereocenters. The van der Waals surface area contributed by atoms with Crippen molar-refractivity contribution in [1.29, 1.82) is 0 Å². The maximum atomic E-state index is 12.0. The van der Waals surface area contributed by atoms with Gasteiger partial charge in [-0.2, -0.15) is 0 Å². The molecule has 2 aliphatic heterocycles. The molecule has 1 aromatic rings. The monoisotopic (exact) mass is 235 g/mol. The first-order chi connectivity index (χ1) is 8.24. The normalized spacial score (nSPS) is 26.8. The lowest BCUT2D eigenvalue weighted by Gasteiger charge is -2.17. The Balaban J connectivity index is 1.70. The van der Waals surface area contributed by atoms with Crippen LogP contribution in [0.4, 0.5) is 0 Å². The number of carbonyl (C=O) groups excluding carboxylic acids is 1. The second-order valence-corrected chi connectivity index (χ2v) is 4.27. The van der Waals surface area contributed by atoms with Gasteiger partial charge >= 0.3 is 0 Å². The van der Waals surface area contributed by atoms with E-state index in [0.717, 1.165) is 11.3 Å². The second-order valence-electron chi connectivity index (χ2n) is 4.27. The van der Waals surface area contributed by atoms with Crippen LogP contribution in [0, 0.1) is 0 Å². The summed E-state index contributed by atoms with van der Waals surface area (Å²) in [6.45, 7) is 0.389. The molecule has 5 heteroatoms. The highest BCUT2D eigenvalue weighted by atomic mass is 16.7. The number of nitrogens with zero attached hydrogens (tertiary/aromatic N) is 1. The second kappa shape index (κ2) is 4.01. The Kier molecular flexibility index (Phi) is 2.49. The van der Waals surface area contributed by atoms with Crippen LogP contribution >= 0.6 is 0 Å². The van der Waals surface area contributed by atoms with Gasteiger partial charge in [0.25, 0.3) is 5.91 Å². The number of amides is 1. The lowest BCUT2D eigenvalue weighted by molar-refractivity contribution is -0.175. The number of aliphatic hydroxyl groups excluding tert-OH is 1. The Hall–Kier alpha value is -1.59. The molecule has 1 saturated heterocycles. The van der Waals surface area contributed by atoms with E-state index in [-0.39, 0.29) is 19.1 Å². The van der Waals surface area contributed by atoms with Gasteiger partial charge in [0.1, 0.15) is 18.5 Å². The zero-order valence-electron chi connectivity index (χ0n) is 9.20. The fourth-order valence-corrected chi connectivity index (χ4v) is 2.11. The Morgan fingerprint density at radius 2 is 2.24 bits per heavy atom. The molecule has 0 radical (unpaired) electrons. The van der Waals surface area contributed by atoms with Crippen LogP contribution in [0.5, 0.6) is 5.75 Å². The van der Waals surface area contributed by atoms with E-state index in [1.165, 1.54) is 5.06 Å². The maximum absolute atomic E-state index is 12.0. The van der Waals surface area contributed by atoms with E-state index in [1.807, 2.05) is 24.3 Å². The number of β-amino-alcohol motifs (C(OH)–C–C–N with tert-alkyl or cyclic N) is 1. The minimum Gasteiger partial charge on any atom is -0.480 e. The lowest BCUT2D eigenvalue weighted by atomic mass is 10.1. The Labute approximate surface area is 98.5 Å². The highest BCUT2D eigenvalue weighted by Crippen LogP contribution is 2.29. The molecule has 3 rings (SSSR count). The molecule has 1 amide bonds. The van der Waals surface area contributed by atoms with E-state index >= 15 is 0 Å². The summed E-state index contributed by atoms with van der Waals surface area (Å²) in [5, 5.41) is 10.5. The van der Waals surface area contributed by atoms with Crippen molar-refractivity contribution in [3.8, 4) is 5.75 Å². The molecule has 0 bridgehead atoms. The molecular formula is C12H13NO4. The average Bonchev–Trinajstić information content (AvgIpc) is 2.93. The Morgan fingerprint density at radius 1 is 1.41 bits per heavy atom. The average molecular weight is 235 g/mol. The van der Waals surface area contributed by atoms with E-state index < -0.39 is 12.2 Å². The third-order valence-corrected chi connectivity index (χ3v) is 2.97. The summed E-state index contributed by atoms with van der Waals surface area (Å²) in [5.74, 6) is 0.531. The zero-order valence-corrected chi connectivity index (χ0v) is 9.20. The standard InChI is InChI=1S/C12H13NO4/c14-9-6-13(16-7-9)12(15)11-5-8-3-1-2-4-10(8)17-11/h1-4,9,11,14H,5-7H2/t9-,11?/m0/s1. The van der Waals surface area contributed by atoms with Gasteiger partial charge in [0.2, 0.25) is 0 Å². The lowest BCUT2D eigenvalue weighted by Crippen LogP contribution is -2.39. The highest BCUT2D eigenvalue weighted by Gasteiger charge is 2.36. The maximum Gasteiger partial charge on any atom is 0.287 e. The van der Waals surface area contributed by atoms with Crippen LogP contribution in [-0.4, -0.2) is 41.4 Å². The molecular weight excluding hydrogens is 222 g/mol. The van der Waals surface area contributed by atoms with Crippen molar-refractivity contribution >= 4 is 5.91 Å². The number of benzene rings is 1. The zero-order chi connectivity index (χ0) is 11.8. The molecule has 0 spiro atoms. The minimum absolute atomic E-state index is 0.172. The summed E-state index contributed by atoms with van der Waals surface area (Å²) in [5.41, 5.74) is 1.03. The summed E-state index contributed by atoms with van der Waals surface area (Å²) in [7, 11) is 0. The van der Waals surface area contributed by atoms with Crippen molar-refractivity contribution in [1.82, 2.24) is 5.06 Å². The number of hydrogen-bond donors (Lipinski definition) is 1. The predicted molar refractivity (Wildman–Crippen MR) is 58.2 cm³/mol. The van der Waals surface area contributed by atoms with Gasteiger partial charge in [-0.05, 0) is 11.6 Å². The predicted octanol–water partition coefficient (Wildman–Crippen LogP) is 0.125. The fraction of sp³-hybridized carbons (Fsp3) is 0.417. The third kappa shape index (κ3) is 1.87. The molecule has 1 fully saturated rings.